The quantitative estimate of drug-likeness (QED) is 0.397. The SMILES string of the molecule is Cc1ncc2ccc(OC3CC4(C3)CN(CCCc3cnn(C5CCCCO5)c(=O)c3Cl)C4)c(C(F)F)n12. The lowest BCUT2D eigenvalue weighted by atomic mass is 9.61. The van der Waals surface area contributed by atoms with E-state index in [1.165, 1.54) is 9.08 Å². The molecule has 5 heterocycles. The molecule has 1 atom stereocenters. The summed E-state index contributed by atoms with van der Waals surface area (Å²) in [7, 11) is 0. The van der Waals surface area contributed by atoms with Gasteiger partial charge in [-0.05, 0) is 76.1 Å². The molecule has 204 valence electrons. The number of aryl methyl sites for hydroxylation is 2. The molecule has 6 rings (SSSR count). The van der Waals surface area contributed by atoms with E-state index in [0.29, 0.717) is 24.4 Å². The molecule has 0 bridgehead atoms. The Balaban J connectivity index is 0.982. The zero-order chi connectivity index (χ0) is 26.4. The van der Waals surface area contributed by atoms with Crippen molar-refractivity contribution in [2.75, 3.05) is 26.2 Å². The summed E-state index contributed by atoms with van der Waals surface area (Å²) in [6.45, 7) is 5.21. The number of aromatic nitrogens is 4. The lowest BCUT2D eigenvalue weighted by Crippen LogP contribution is -2.64. The zero-order valence-corrected chi connectivity index (χ0v) is 22.2. The maximum atomic E-state index is 13.9. The van der Waals surface area contributed by atoms with Gasteiger partial charge in [0, 0.05) is 25.1 Å². The van der Waals surface area contributed by atoms with Gasteiger partial charge in [0.1, 0.15) is 28.4 Å². The van der Waals surface area contributed by atoms with E-state index in [1.807, 2.05) is 0 Å². The number of alkyl halides is 2. The van der Waals surface area contributed by atoms with Crippen LogP contribution in [0.3, 0.4) is 0 Å². The minimum absolute atomic E-state index is 0.0551. The van der Waals surface area contributed by atoms with Crippen molar-refractivity contribution in [3.63, 3.8) is 0 Å². The number of pyridine rings is 1. The Kier molecular flexibility index (Phi) is 6.90. The highest BCUT2D eigenvalue weighted by molar-refractivity contribution is 6.31. The van der Waals surface area contributed by atoms with Crippen molar-refractivity contribution in [1.82, 2.24) is 24.1 Å². The second-order valence-electron chi connectivity index (χ2n) is 11.0. The molecule has 8 nitrogen and oxygen atoms in total. The molecule has 3 aromatic heterocycles. The van der Waals surface area contributed by atoms with Gasteiger partial charge in [0.2, 0.25) is 0 Å². The van der Waals surface area contributed by atoms with E-state index in [1.54, 1.807) is 31.5 Å². The molecule has 0 amide bonds. The standard InChI is InChI=1S/C27H32ClF2N5O3/c1-17-31-14-19-7-8-21(24(25(29)30)34(17)19)38-20-11-27(12-20)15-33(16-27)9-4-5-18-13-32-35(26(36)23(18)28)22-6-2-3-10-37-22/h7-8,13-14,20,22,25H,2-6,9-12,15-16H2,1H3. The summed E-state index contributed by atoms with van der Waals surface area (Å²) in [6.07, 6.45) is 6.36. The Morgan fingerprint density at radius 3 is 2.79 bits per heavy atom. The summed E-state index contributed by atoms with van der Waals surface area (Å²) in [5.74, 6) is 0.768. The second kappa shape index (κ2) is 10.2. The first kappa shape index (κ1) is 25.7. The monoisotopic (exact) mass is 547 g/mol. The molecule has 11 heteroatoms. The maximum Gasteiger partial charge on any atom is 0.288 e. The van der Waals surface area contributed by atoms with Crippen molar-refractivity contribution >= 4 is 17.1 Å². The van der Waals surface area contributed by atoms with E-state index in [9.17, 15) is 13.6 Å². The van der Waals surface area contributed by atoms with Gasteiger partial charge in [-0.1, -0.05) is 11.6 Å². The fraction of sp³-hybridized carbons (Fsp3) is 0.593. The highest BCUT2D eigenvalue weighted by Crippen LogP contribution is 2.50. The normalized spacial score (nSPS) is 21.7. The summed E-state index contributed by atoms with van der Waals surface area (Å²) >= 11 is 6.40. The highest BCUT2D eigenvalue weighted by Gasteiger charge is 2.53. The largest absolute Gasteiger partial charge is 0.488 e. The molecule has 2 aliphatic heterocycles. The van der Waals surface area contributed by atoms with Gasteiger partial charge in [-0.3, -0.25) is 9.20 Å². The van der Waals surface area contributed by atoms with Crippen LogP contribution in [0.5, 0.6) is 5.75 Å². The van der Waals surface area contributed by atoms with Crippen molar-refractivity contribution in [3.05, 3.63) is 57.0 Å². The van der Waals surface area contributed by atoms with Crippen molar-refractivity contribution in [3.8, 4) is 5.75 Å². The Labute approximate surface area is 224 Å². The van der Waals surface area contributed by atoms with Crippen molar-refractivity contribution in [2.24, 2.45) is 5.41 Å². The fourth-order valence-electron chi connectivity index (χ4n) is 6.31. The number of hydrogen-bond acceptors (Lipinski definition) is 6. The molecule has 0 aromatic carbocycles. The predicted molar refractivity (Wildman–Crippen MR) is 138 cm³/mol. The topological polar surface area (TPSA) is 73.9 Å². The molecule has 3 aromatic rings. The van der Waals surface area contributed by atoms with Gasteiger partial charge in [-0.2, -0.15) is 9.78 Å². The van der Waals surface area contributed by atoms with E-state index >= 15 is 0 Å². The van der Waals surface area contributed by atoms with Crippen molar-refractivity contribution < 1.29 is 18.3 Å². The number of rotatable bonds is 8. The fourth-order valence-corrected chi connectivity index (χ4v) is 6.54. The van der Waals surface area contributed by atoms with Gasteiger partial charge in [0.15, 0.2) is 6.23 Å². The molecule has 1 spiro atoms. The zero-order valence-electron chi connectivity index (χ0n) is 21.4. The number of hydrogen-bond donors (Lipinski definition) is 0. The summed E-state index contributed by atoms with van der Waals surface area (Å²) in [6, 6.07) is 3.41. The van der Waals surface area contributed by atoms with E-state index in [0.717, 1.165) is 63.7 Å². The summed E-state index contributed by atoms with van der Waals surface area (Å²) < 4.78 is 42.4. The molecule has 3 aliphatic rings. The second-order valence-corrected chi connectivity index (χ2v) is 11.3. The van der Waals surface area contributed by atoms with Gasteiger partial charge in [-0.25, -0.2) is 13.8 Å². The van der Waals surface area contributed by atoms with E-state index in [2.05, 4.69) is 15.0 Å². The van der Waals surface area contributed by atoms with Crippen LogP contribution >= 0.6 is 11.6 Å². The summed E-state index contributed by atoms with van der Waals surface area (Å²) in [4.78, 5) is 19.2. The first-order valence-corrected chi connectivity index (χ1v) is 13.7. The maximum absolute atomic E-state index is 13.9. The molecule has 0 radical (unpaired) electrons. The number of likely N-dealkylation sites (tertiary alicyclic amines) is 1. The third-order valence-electron chi connectivity index (χ3n) is 8.17. The first-order chi connectivity index (χ1) is 18.3. The van der Waals surface area contributed by atoms with Crippen LogP contribution in [0.4, 0.5) is 8.78 Å². The minimum atomic E-state index is -2.65. The highest BCUT2D eigenvalue weighted by atomic mass is 35.5. The molecule has 38 heavy (non-hydrogen) atoms. The molecule has 0 N–H and O–H groups in total. The van der Waals surface area contributed by atoms with Crippen LogP contribution < -0.4 is 10.3 Å². The molecule has 1 aliphatic carbocycles. The van der Waals surface area contributed by atoms with Gasteiger partial charge in [0.05, 0.1) is 17.9 Å². The Morgan fingerprint density at radius 2 is 2.05 bits per heavy atom. The van der Waals surface area contributed by atoms with Gasteiger partial charge >= 0.3 is 0 Å². The lowest BCUT2D eigenvalue weighted by molar-refractivity contribution is -0.119. The molecule has 2 saturated heterocycles. The van der Waals surface area contributed by atoms with Crippen LogP contribution in [0.2, 0.25) is 5.02 Å². The average molecular weight is 548 g/mol. The predicted octanol–water partition coefficient (Wildman–Crippen LogP) is 4.97. The van der Waals surface area contributed by atoms with Crippen LogP contribution in [-0.2, 0) is 11.2 Å². The third kappa shape index (κ3) is 4.71. The van der Waals surface area contributed by atoms with Gasteiger partial charge in [0.25, 0.3) is 12.0 Å². The van der Waals surface area contributed by atoms with E-state index in [-0.39, 0.29) is 39.8 Å². The van der Waals surface area contributed by atoms with Crippen molar-refractivity contribution in [2.45, 2.75) is 70.6 Å². The first-order valence-electron chi connectivity index (χ1n) is 13.4. The Morgan fingerprint density at radius 1 is 1.24 bits per heavy atom. The molecular formula is C27H32ClF2N5O3. The van der Waals surface area contributed by atoms with E-state index in [4.69, 9.17) is 21.1 Å². The number of nitrogens with zero attached hydrogens (tertiary/aromatic N) is 5. The minimum Gasteiger partial charge on any atom is -0.488 e. The Hall–Kier alpha value is -2.56. The number of fused-ring (bicyclic) bond motifs is 1. The Bertz CT molecular complexity index is 1370. The average Bonchev–Trinajstić information content (AvgIpc) is 3.24. The molecular weight excluding hydrogens is 516 g/mol. The lowest BCUT2D eigenvalue weighted by Gasteiger charge is -2.58. The van der Waals surface area contributed by atoms with Crippen molar-refractivity contribution in [1.29, 1.82) is 0 Å². The van der Waals surface area contributed by atoms with Crippen LogP contribution in [0.25, 0.3) is 5.52 Å². The molecule has 1 saturated carbocycles. The van der Waals surface area contributed by atoms with Crippen LogP contribution in [0.15, 0.2) is 29.3 Å². The summed E-state index contributed by atoms with van der Waals surface area (Å²) in [5, 5.41) is 4.57. The number of halogens is 3. The smallest absolute Gasteiger partial charge is 0.288 e. The van der Waals surface area contributed by atoms with Gasteiger partial charge < -0.3 is 14.4 Å². The number of imidazole rings is 1. The van der Waals surface area contributed by atoms with Crippen LogP contribution in [-0.4, -0.2) is 56.4 Å². The van der Waals surface area contributed by atoms with Gasteiger partial charge in [-0.15, -0.1) is 0 Å². The molecule has 3 fully saturated rings. The van der Waals surface area contributed by atoms with E-state index < -0.39 is 6.43 Å². The third-order valence-corrected chi connectivity index (χ3v) is 8.57. The number of ether oxygens (including phenoxy) is 2. The summed E-state index contributed by atoms with van der Waals surface area (Å²) in [5.41, 5.74) is 1.22. The van der Waals surface area contributed by atoms with Crippen LogP contribution in [0.1, 0.15) is 68.3 Å². The molecule has 1 unspecified atom stereocenters. The van der Waals surface area contributed by atoms with Crippen LogP contribution in [0, 0.1) is 12.3 Å².